The molecule has 0 saturated carbocycles. The summed E-state index contributed by atoms with van der Waals surface area (Å²) in [5, 5.41) is 19.5. The van der Waals surface area contributed by atoms with Crippen molar-refractivity contribution in [2.45, 2.75) is 58.1 Å². The number of hydrogen-bond donors (Lipinski definition) is 3. The third-order valence-corrected chi connectivity index (χ3v) is 6.51. The molecule has 1 fully saturated rings. The number of thiophene rings is 1. The van der Waals surface area contributed by atoms with E-state index in [-0.39, 0.29) is 0 Å². The van der Waals surface area contributed by atoms with E-state index >= 15 is 0 Å². The highest BCUT2D eigenvalue weighted by Gasteiger charge is 2.31. The smallest absolute Gasteiger partial charge is 0.191 e. The highest BCUT2D eigenvalue weighted by atomic mass is 32.1. The van der Waals surface area contributed by atoms with Crippen LogP contribution in [0.4, 0.5) is 0 Å². The molecule has 1 saturated heterocycles. The Bertz CT molecular complexity index is 542. The Hall–Kier alpha value is -1.11. The largest absolute Gasteiger partial charge is 0.388 e. The highest BCUT2D eigenvalue weighted by molar-refractivity contribution is 7.10. The van der Waals surface area contributed by atoms with E-state index in [1.54, 1.807) is 0 Å². The Morgan fingerprint density at radius 3 is 2.73 bits per heavy atom. The first kappa shape index (κ1) is 21.2. The molecule has 3 N–H and O–H groups in total. The standard InChI is InChI=1S/C20H36N4OS/c1-5-20(25,6-2)15-23-19(21-7-3)22-14-16-10-8-12-24(4)18(16)17-11-9-13-26-17/h9,11,13,16,18,25H,5-8,10,12,14-15H2,1-4H3,(H2,21,22,23). The van der Waals surface area contributed by atoms with Crippen molar-refractivity contribution in [2.24, 2.45) is 10.9 Å². The van der Waals surface area contributed by atoms with Crippen LogP contribution in [-0.4, -0.2) is 54.8 Å². The van der Waals surface area contributed by atoms with Crippen molar-refractivity contribution in [3.05, 3.63) is 22.4 Å². The molecule has 148 valence electrons. The second-order valence-electron chi connectivity index (χ2n) is 7.35. The average molecular weight is 381 g/mol. The van der Waals surface area contributed by atoms with E-state index in [9.17, 15) is 5.11 Å². The summed E-state index contributed by atoms with van der Waals surface area (Å²) in [6, 6.07) is 4.88. The first-order valence-electron chi connectivity index (χ1n) is 10.0. The number of aliphatic hydroxyl groups is 1. The van der Waals surface area contributed by atoms with E-state index in [4.69, 9.17) is 0 Å². The Morgan fingerprint density at radius 2 is 2.12 bits per heavy atom. The summed E-state index contributed by atoms with van der Waals surface area (Å²) in [5.41, 5.74) is -0.701. The Labute approximate surface area is 162 Å². The van der Waals surface area contributed by atoms with Crippen LogP contribution in [0.3, 0.4) is 0 Å². The van der Waals surface area contributed by atoms with Crippen molar-refractivity contribution in [2.75, 3.05) is 33.2 Å². The van der Waals surface area contributed by atoms with Crippen LogP contribution >= 0.6 is 11.3 Å². The molecule has 0 aliphatic carbocycles. The van der Waals surface area contributed by atoms with Gasteiger partial charge in [0.2, 0.25) is 0 Å². The molecule has 0 radical (unpaired) electrons. The molecular formula is C20H36N4OS. The van der Waals surface area contributed by atoms with Gasteiger partial charge < -0.3 is 15.7 Å². The lowest BCUT2D eigenvalue weighted by Crippen LogP contribution is -2.45. The number of guanidine groups is 1. The fraction of sp³-hybridized carbons (Fsp3) is 0.750. The van der Waals surface area contributed by atoms with Crippen LogP contribution in [-0.2, 0) is 0 Å². The molecule has 0 amide bonds. The monoisotopic (exact) mass is 380 g/mol. The van der Waals surface area contributed by atoms with E-state index in [0.717, 1.165) is 38.4 Å². The quantitative estimate of drug-likeness (QED) is 0.479. The zero-order valence-electron chi connectivity index (χ0n) is 16.8. The van der Waals surface area contributed by atoms with Gasteiger partial charge in [-0.25, -0.2) is 0 Å². The number of rotatable bonds is 8. The van der Waals surface area contributed by atoms with Crippen molar-refractivity contribution in [3.8, 4) is 0 Å². The zero-order chi connectivity index (χ0) is 19.0. The molecule has 2 heterocycles. The fourth-order valence-electron chi connectivity index (χ4n) is 3.65. The van der Waals surface area contributed by atoms with Crippen LogP contribution in [0, 0.1) is 5.92 Å². The van der Waals surface area contributed by atoms with E-state index < -0.39 is 5.60 Å². The molecule has 1 aromatic rings. The van der Waals surface area contributed by atoms with E-state index in [0.29, 0.717) is 18.5 Å². The molecule has 1 aliphatic heterocycles. The minimum Gasteiger partial charge on any atom is -0.388 e. The second-order valence-corrected chi connectivity index (χ2v) is 8.33. The molecular weight excluding hydrogens is 344 g/mol. The van der Waals surface area contributed by atoms with Crippen molar-refractivity contribution in [1.82, 2.24) is 15.5 Å². The number of nitrogens with zero attached hydrogens (tertiary/aromatic N) is 2. The van der Waals surface area contributed by atoms with E-state index in [1.165, 1.54) is 17.7 Å². The van der Waals surface area contributed by atoms with Crippen LogP contribution in [0.25, 0.3) is 0 Å². The average Bonchev–Trinajstić information content (AvgIpc) is 3.18. The van der Waals surface area contributed by atoms with Crippen molar-refractivity contribution < 1.29 is 5.11 Å². The Balaban J connectivity index is 2.02. The topological polar surface area (TPSA) is 59.9 Å². The molecule has 5 nitrogen and oxygen atoms in total. The van der Waals surface area contributed by atoms with Gasteiger partial charge in [-0.2, -0.15) is 0 Å². The van der Waals surface area contributed by atoms with Gasteiger partial charge >= 0.3 is 0 Å². The maximum atomic E-state index is 10.5. The summed E-state index contributed by atoms with van der Waals surface area (Å²) in [5.74, 6) is 1.37. The SMILES string of the molecule is CCNC(=NCC(O)(CC)CC)NCC1CCCN(C)C1c1cccs1. The molecule has 0 spiro atoms. The summed E-state index contributed by atoms with van der Waals surface area (Å²) in [7, 11) is 2.23. The summed E-state index contributed by atoms with van der Waals surface area (Å²) in [6.45, 7) is 9.43. The first-order chi connectivity index (χ1) is 12.5. The summed E-state index contributed by atoms with van der Waals surface area (Å²) < 4.78 is 0. The molecule has 0 aromatic carbocycles. The molecule has 1 aliphatic rings. The van der Waals surface area contributed by atoms with Gasteiger partial charge in [0.15, 0.2) is 5.96 Å². The second kappa shape index (κ2) is 10.3. The van der Waals surface area contributed by atoms with Gasteiger partial charge in [-0.3, -0.25) is 9.89 Å². The van der Waals surface area contributed by atoms with Crippen LogP contribution in [0.1, 0.15) is 57.4 Å². The van der Waals surface area contributed by atoms with E-state index in [2.05, 4.69) is 52.0 Å². The van der Waals surface area contributed by atoms with Gasteiger partial charge in [-0.05, 0) is 63.6 Å². The molecule has 26 heavy (non-hydrogen) atoms. The normalized spacial score (nSPS) is 22.4. The van der Waals surface area contributed by atoms with Crippen molar-refractivity contribution in [3.63, 3.8) is 0 Å². The van der Waals surface area contributed by atoms with Gasteiger partial charge in [-0.1, -0.05) is 19.9 Å². The number of piperidine rings is 1. The minimum atomic E-state index is -0.701. The third kappa shape index (κ3) is 5.69. The summed E-state index contributed by atoms with van der Waals surface area (Å²) >= 11 is 1.85. The fourth-order valence-corrected chi connectivity index (χ4v) is 4.64. The van der Waals surface area contributed by atoms with Gasteiger partial charge in [0.1, 0.15) is 0 Å². The van der Waals surface area contributed by atoms with Crippen LogP contribution in [0.2, 0.25) is 0 Å². The van der Waals surface area contributed by atoms with Gasteiger partial charge in [0.25, 0.3) is 0 Å². The van der Waals surface area contributed by atoms with Crippen LogP contribution in [0.15, 0.2) is 22.5 Å². The zero-order valence-corrected chi connectivity index (χ0v) is 17.6. The molecule has 2 atom stereocenters. The lowest BCUT2D eigenvalue weighted by molar-refractivity contribution is 0.0417. The van der Waals surface area contributed by atoms with Gasteiger partial charge in [-0.15, -0.1) is 11.3 Å². The molecule has 1 aromatic heterocycles. The van der Waals surface area contributed by atoms with Gasteiger partial charge in [0, 0.05) is 24.0 Å². The lowest BCUT2D eigenvalue weighted by atomic mass is 9.88. The van der Waals surface area contributed by atoms with Crippen molar-refractivity contribution >= 4 is 17.3 Å². The lowest BCUT2D eigenvalue weighted by Gasteiger charge is -2.39. The van der Waals surface area contributed by atoms with Gasteiger partial charge in [0.05, 0.1) is 12.1 Å². The minimum absolute atomic E-state index is 0.439. The number of hydrogen-bond acceptors (Lipinski definition) is 4. The number of aliphatic imine (C=N–C) groups is 1. The molecule has 2 unspecified atom stereocenters. The maximum Gasteiger partial charge on any atom is 0.191 e. The number of likely N-dealkylation sites (tertiary alicyclic amines) is 1. The van der Waals surface area contributed by atoms with Crippen molar-refractivity contribution in [1.29, 1.82) is 0 Å². The van der Waals surface area contributed by atoms with Crippen LogP contribution < -0.4 is 10.6 Å². The first-order valence-corrected chi connectivity index (χ1v) is 10.9. The Kier molecular flexibility index (Phi) is 8.38. The predicted octanol–water partition coefficient (Wildman–Crippen LogP) is 3.24. The van der Waals surface area contributed by atoms with Crippen LogP contribution in [0.5, 0.6) is 0 Å². The highest BCUT2D eigenvalue weighted by Crippen LogP contribution is 2.36. The summed E-state index contributed by atoms with van der Waals surface area (Å²) in [4.78, 5) is 8.59. The maximum absolute atomic E-state index is 10.5. The predicted molar refractivity (Wildman–Crippen MR) is 112 cm³/mol. The Morgan fingerprint density at radius 1 is 1.35 bits per heavy atom. The summed E-state index contributed by atoms with van der Waals surface area (Å²) in [6.07, 6.45) is 3.91. The number of nitrogens with one attached hydrogen (secondary N) is 2. The molecule has 6 heteroatoms. The molecule has 2 rings (SSSR count). The molecule has 0 bridgehead atoms. The third-order valence-electron chi connectivity index (χ3n) is 5.57. The van der Waals surface area contributed by atoms with E-state index in [1.807, 2.05) is 25.2 Å².